The van der Waals surface area contributed by atoms with E-state index in [9.17, 15) is 5.11 Å². The van der Waals surface area contributed by atoms with E-state index in [2.05, 4.69) is 39.8 Å². The molecule has 1 saturated heterocycles. The van der Waals surface area contributed by atoms with Gasteiger partial charge in [0.1, 0.15) is 0 Å². The zero-order valence-electron chi connectivity index (χ0n) is 14.7. The molecule has 2 aliphatic carbocycles. The van der Waals surface area contributed by atoms with Gasteiger partial charge in [0.2, 0.25) is 0 Å². The summed E-state index contributed by atoms with van der Waals surface area (Å²) in [7, 11) is 0. The van der Waals surface area contributed by atoms with Crippen LogP contribution in [0.1, 0.15) is 66.2 Å². The lowest BCUT2D eigenvalue weighted by Crippen LogP contribution is -2.51. The van der Waals surface area contributed by atoms with Crippen LogP contribution in [0.15, 0.2) is 23.3 Å². The predicted octanol–water partition coefficient (Wildman–Crippen LogP) is 4.84. The fourth-order valence-electron chi connectivity index (χ4n) is 5.69. The van der Waals surface area contributed by atoms with Gasteiger partial charge < -0.3 is 9.84 Å². The Morgan fingerprint density at radius 3 is 2.86 bits per heavy atom. The lowest BCUT2D eigenvalue weighted by molar-refractivity contribution is -0.142. The van der Waals surface area contributed by atoms with E-state index in [1.807, 2.05) is 0 Å². The van der Waals surface area contributed by atoms with Crippen LogP contribution in [0.3, 0.4) is 0 Å². The Bertz CT molecular complexity index is 488. The zero-order valence-corrected chi connectivity index (χ0v) is 14.7. The molecule has 2 heteroatoms. The van der Waals surface area contributed by atoms with E-state index in [0.29, 0.717) is 17.9 Å². The largest absolute Gasteiger partial charge is 0.367 e. The molecule has 1 N–H and O–H groups in total. The average molecular weight is 304 g/mol. The minimum absolute atomic E-state index is 0.206. The van der Waals surface area contributed by atoms with Gasteiger partial charge in [-0.2, -0.15) is 0 Å². The van der Waals surface area contributed by atoms with Crippen molar-refractivity contribution in [2.75, 3.05) is 6.61 Å². The SMILES string of the molecule is CC(C)=CCC[C@]1(C)CCC[C@]2(C)[C@@H]3C(=CC[C@@H]12)CO[C@H]3O. The summed E-state index contributed by atoms with van der Waals surface area (Å²) in [6.45, 7) is 9.94. The average Bonchev–Trinajstić information content (AvgIpc) is 2.81. The molecule has 0 amide bonds. The molecule has 3 rings (SSSR count). The molecule has 22 heavy (non-hydrogen) atoms. The second-order valence-electron chi connectivity index (χ2n) is 8.58. The van der Waals surface area contributed by atoms with Crippen molar-refractivity contribution in [3.8, 4) is 0 Å². The van der Waals surface area contributed by atoms with Gasteiger partial charge in [-0.25, -0.2) is 0 Å². The van der Waals surface area contributed by atoms with E-state index < -0.39 is 6.29 Å². The number of aliphatic hydroxyl groups is 1. The van der Waals surface area contributed by atoms with Crippen molar-refractivity contribution in [1.82, 2.24) is 0 Å². The number of hydrogen-bond donors (Lipinski definition) is 1. The first-order chi connectivity index (χ1) is 10.4. The number of fused-ring (bicyclic) bond motifs is 3. The molecule has 2 nitrogen and oxygen atoms in total. The van der Waals surface area contributed by atoms with Crippen LogP contribution in [0.25, 0.3) is 0 Å². The highest BCUT2D eigenvalue weighted by atomic mass is 16.6. The summed E-state index contributed by atoms with van der Waals surface area (Å²) >= 11 is 0. The number of ether oxygens (including phenoxy) is 1. The molecule has 3 aliphatic rings. The van der Waals surface area contributed by atoms with Crippen LogP contribution >= 0.6 is 0 Å². The van der Waals surface area contributed by atoms with Crippen molar-refractivity contribution in [2.45, 2.75) is 72.5 Å². The van der Waals surface area contributed by atoms with Gasteiger partial charge in [0.05, 0.1) is 6.61 Å². The van der Waals surface area contributed by atoms with Crippen molar-refractivity contribution in [2.24, 2.45) is 22.7 Å². The minimum atomic E-state index is -0.584. The van der Waals surface area contributed by atoms with Gasteiger partial charge in [-0.3, -0.25) is 0 Å². The van der Waals surface area contributed by atoms with Gasteiger partial charge in [-0.15, -0.1) is 0 Å². The smallest absolute Gasteiger partial charge is 0.162 e. The molecule has 2 fully saturated rings. The molecule has 0 spiro atoms. The van der Waals surface area contributed by atoms with Crippen molar-refractivity contribution in [3.63, 3.8) is 0 Å². The van der Waals surface area contributed by atoms with Gasteiger partial charge >= 0.3 is 0 Å². The van der Waals surface area contributed by atoms with Gasteiger partial charge in [0.25, 0.3) is 0 Å². The number of allylic oxidation sites excluding steroid dienone is 3. The first kappa shape index (κ1) is 16.3. The third kappa shape index (κ3) is 2.59. The highest BCUT2D eigenvalue weighted by Crippen LogP contribution is 2.62. The van der Waals surface area contributed by atoms with Crippen molar-refractivity contribution in [3.05, 3.63) is 23.3 Å². The van der Waals surface area contributed by atoms with E-state index >= 15 is 0 Å². The fraction of sp³-hybridized carbons (Fsp3) is 0.800. The van der Waals surface area contributed by atoms with E-state index in [4.69, 9.17) is 4.74 Å². The maximum absolute atomic E-state index is 10.4. The Hall–Kier alpha value is -0.600. The van der Waals surface area contributed by atoms with E-state index in [-0.39, 0.29) is 11.3 Å². The summed E-state index contributed by atoms with van der Waals surface area (Å²) in [5.74, 6) is 0.902. The molecule has 0 unspecified atom stereocenters. The molecular formula is C20H32O2. The van der Waals surface area contributed by atoms with Crippen molar-refractivity contribution >= 4 is 0 Å². The summed E-state index contributed by atoms with van der Waals surface area (Å²) in [4.78, 5) is 0. The monoisotopic (exact) mass is 304 g/mol. The molecule has 0 bridgehead atoms. The second kappa shape index (κ2) is 5.79. The molecule has 1 aliphatic heterocycles. The van der Waals surface area contributed by atoms with Crippen LogP contribution in [0.4, 0.5) is 0 Å². The maximum Gasteiger partial charge on any atom is 0.162 e. The van der Waals surface area contributed by atoms with Crippen LogP contribution in [0.5, 0.6) is 0 Å². The van der Waals surface area contributed by atoms with E-state index in [0.717, 1.165) is 0 Å². The summed E-state index contributed by atoms with van der Waals surface area (Å²) in [6.07, 6.45) is 11.7. The predicted molar refractivity (Wildman–Crippen MR) is 90.4 cm³/mol. The van der Waals surface area contributed by atoms with Crippen molar-refractivity contribution in [1.29, 1.82) is 0 Å². The second-order valence-corrected chi connectivity index (χ2v) is 8.58. The molecule has 5 atom stereocenters. The normalized spacial score (nSPS) is 44.0. The molecule has 0 radical (unpaired) electrons. The standard InChI is InChI=1S/C20H32O2/c1-14(2)7-5-10-19(3)11-6-12-20(4)16(19)9-8-15-13-22-18(21)17(15)20/h7-8,16-18,21H,5-6,9-13H2,1-4H3/t16-,17+,18+,19+,20-/m0/s1. The lowest BCUT2D eigenvalue weighted by atomic mass is 9.47. The third-order valence-corrected chi connectivity index (χ3v) is 6.80. The number of rotatable bonds is 3. The topological polar surface area (TPSA) is 29.5 Å². The van der Waals surface area contributed by atoms with Gasteiger partial charge in [0.15, 0.2) is 6.29 Å². The molecule has 124 valence electrons. The summed E-state index contributed by atoms with van der Waals surface area (Å²) in [5.41, 5.74) is 3.38. The Kier molecular flexibility index (Phi) is 4.28. The quantitative estimate of drug-likeness (QED) is 0.756. The first-order valence-electron chi connectivity index (χ1n) is 8.99. The van der Waals surface area contributed by atoms with Gasteiger partial charge in [0, 0.05) is 5.92 Å². The van der Waals surface area contributed by atoms with Crippen LogP contribution in [0.2, 0.25) is 0 Å². The maximum atomic E-state index is 10.4. The highest BCUT2D eigenvalue weighted by Gasteiger charge is 2.57. The Morgan fingerprint density at radius 1 is 1.36 bits per heavy atom. The van der Waals surface area contributed by atoms with Crippen LogP contribution in [0, 0.1) is 22.7 Å². The molecule has 0 aromatic heterocycles. The number of hydrogen-bond acceptors (Lipinski definition) is 2. The van der Waals surface area contributed by atoms with Crippen LogP contribution in [-0.2, 0) is 4.74 Å². The Morgan fingerprint density at radius 2 is 2.14 bits per heavy atom. The summed E-state index contributed by atoms with van der Waals surface area (Å²) in [5, 5.41) is 10.4. The Labute approximate surface area is 135 Å². The summed E-state index contributed by atoms with van der Waals surface area (Å²) in [6, 6.07) is 0. The summed E-state index contributed by atoms with van der Waals surface area (Å²) < 4.78 is 5.57. The minimum Gasteiger partial charge on any atom is -0.367 e. The molecule has 1 heterocycles. The third-order valence-electron chi connectivity index (χ3n) is 6.80. The lowest BCUT2D eigenvalue weighted by Gasteiger charge is -2.57. The Balaban J connectivity index is 1.86. The molecule has 0 aromatic carbocycles. The first-order valence-corrected chi connectivity index (χ1v) is 8.99. The zero-order chi connectivity index (χ0) is 16.0. The van der Waals surface area contributed by atoms with E-state index in [1.54, 1.807) is 0 Å². The van der Waals surface area contributed by atoms with Gasteiger partial charge in [-0.05, 0) is 68.3 Å². The van der Waals surface area contributed by atoms with Crippen LogP contribution < -0.4 is 0 Å². The number of aliphatic hydroxyl groups excluding tert-OH is 1. The van der Waals surface area contributed by atoms with Gasteiger partial charge in [-0.1, -0.05) is 38.0 Å². The molecular weight excluding hydrogens is 272 g/mol. The van der Waals surface area contributed by atoms with Crippen LogP contribution in [-0.4, -0.2) is 18.0 Å². The molecule has 0 aromatic rings. The highest BCUT2D eigenvalue weighted by molar-refractivity contribution is 5.23. The van der Waals surface area contributed by atoms with Crippen molar-refractivity contribution < 1.29 is 9.84 Å². The fourth-order valence-corrected chi connectivity index (χ4v) is 5.69. The molecule has 1 saturated carbocycles. The van der Waals surface area contributed by atoms with E-state index in [1.165, 1.54) is 49.7 Å².